The third-order valence-electron chi connectivity index (χ3n) is 5.61. The van der Waals surface area contributed by atoms with Crippen molar-refractivity contribution in [3.8, 4) is 12.1 Å². The van der Waals surface area contributed by atoms with E-state index in [1.165, 1.54) is 13.8 Å². The fourth-order valence-corrected chi connectivity index (χ4v) is 3.89. The van der Waals surface area contributed by atoms with Crippen molar-refractivity contribution >= 4 is 48.0 Å². The summed E-state index contributed by atoms with van der Waals surface area (Å²) in [5.41, 5.74) is 6.76. The van der Waals surface area contributed by atoms with Gasteiger partial charge in [-0.2, -0.15) is 10.5 Å². The molecule has 0 unspecified atom stereocenters. The fourth-order valence-electron chi connectivity index (χ4n) is 3.89. The van der Waals surface area contributed by atoms with E-state index in [9.17, 15) is 10.0 Å². The number of rotatable bonds is 4. The number of aromatic nitrogens is 1. The number of anilines is 4. The van der Waals surface area contributed by atoms with E-state index in [4.69, 9.17) is 19.8 Å². The summed E-state index contributed by atoms with van der Waals surface area (Å²) in [5.74, 6) is 0.798. The zero-order valence-electron chi connectivity index (χ0n) is 26.3. The first kappa shape index (κ1) is 37.4. The summed E-state index contributed by atoms with van der Waals surface area (Å²) in [7, 11) is -1.55. The Balaban J connectivity index is 0.000000342. The maximum absolute atomic E-state index is 9.52. The zero-order chi connectivity index (χ0) is 32.7. The molecule has 0 radical (unpaired) electrons. The summed E-state index contributed by atoms with van der Waals surface area (Å²) in [6.45, 7) is 11.8. The maximum atomic E-state index is 9.52. The van der Waals surface area contributed by atoms with Crippen molar-refractivity contribution in [1.29, 1.82) is 10.5 Å². The summed E-state index contributed by atoms with van der Waals surface area (Å²) in [6.07, 6.45) is 1.74. The lowest BCUT2D eigenvalue weighted by Crippen LogP contribution is -2.27. The molecule has 9 nitrogen and oxygen atoms in total. The van der Waals surface area contributed by atoms with Gasteiger partial charge in [-0.05, 0) is 70.6 Å². The normalized spacial score (nSPS) is 11.1. The molecule has 44 heavy (non-hydrogen) atoms. The zero-order valence-corrected chi connectivity index (χ0v) is 26.3. The van der Waals surface area contributed by atoms with Crippen molar-refractivity contribution in [2.75, 3.05) is 10.6 Å². The first-order valence-electron chi connectivity index (χ1n) is 14.5. The molecule has 0 amide bonds. The second kappa shape index (κ2) is 22.0. The molecule has 1 aromatic heterocycles. The molecule has 228 valence electrons. The molecule has 0 atom stereocenters. The molecule has 11 heteroatoms. The topological polar surface area (TPSA) is 143 Å². The van der Waals surface area contributed by atoms with E-state index in [1.807, 2.05) is 113 Å². The van der Waals surface area contributed by atoms with Crippen LogP contribution in [-0.4, -0.2) is 29.3 Å². The van der Waals surface area contributed by atoms with Gasteiger partial charge in [0.2, 0.25) is 0 Å². The van der Waals surface area contributed by atoms with Gasteiger partial charge in [-0.3, -0.25) is 0 Å². The lowest BCUT2D eigenvalue weighted by atomic mass is 9.79. The Hall–Kier alpha value is -4.64. The molecule has 4 aromatic rings. The van der Waals surface area contributed by atoms with Crippen molar-refractivity contribution < 1.29 is 19.4 Å². The number of hydrogen-bond donors (Lipinski definition) is 4. The summed E-state index contributed by atoms with van der Waals surface area (Å²) in [5, 5.41) is 40.2. The van der Waals surface area contributed by atoms with Gasteiger partial charge in [0.1, 0.15) is 5.82 Å². The number of benzene rings is 3. The van der Waals surface area contributed by atoms with Gasteiger partial charge in [-0.15, -0.1) is 0 Å². The molecule has 4 N–H and O–H groups in total. The van der Waals surface area contributed by atoms with E-state index in [0.29, 0.717) is 13.2 Å². The number of nitrogens with one attached hydrogen (secondary N) is 2. The predicted molar refractivity (Wildman–Crippen MR) is 180 cm³/mol. The highest BCUT2D eigenvalue weighted by molar-refractivity contribution is 6.62. The maximum Gasteiger partial charge on any atom is 0.491 e. The van der Waals surface area contributed by atoms with Crippen LogP contribution in [0.3, 0.4) is 0 Å². The number of fused-ring (bicyclic) bond motifs is 2. The largest absolute Gasteiger partial charge is 0.491 e. The number of pyridine rings is 1. The lowest BCUT2D eigenvalue weighted by Gasteiger charge is -2.07. The molecule has 0 saturated heterocycles. The van der Waals surface area contributed by atoms with E-state index in [-0.39, 0.29) is 0 Å². The summed E-state index contributed by atoms with van der Waals surface area (Å²) in [6, 6.07) is 30.8. The standard InChI is InChI=1S/C13H12BNO2.C12H11BN2O2.2C2H3N.2C2H6/c16-14-13-7-6-12(8-10(13)9-17-14)15-11-4-2-1-3-5-11;16-13-11-5-4-10(7-9(11)8-17-13)15-12-3-1-2-6-14-12;2*1-2-3;2*1-2/h1-8,15-16H,9H2;1-7,16H,8H2,(H,14,15);2*1H3;2*1-2H3. The van der Waals surface area contributed by atoms with E-state index in [0.717, 1.165) is 44.9 Å². The Labute approximate surface area is 262 Å². The van der Waals surface area contributed by atoms with Crippen LogP contribution in [0.1, 0.15) is 52.7 Å². The Morgan fingerprint density at radius 3 is 1.57 bits per heavy atom. The smallest absolute Gasteiger partial charge is 0.423 e. The van der Waals surface area contributed by atoms with Crippen LogP contribution < -0.4 is 21.6 Å². The molecular formula is C33H41B2N5O4. The Bertz CT molecular complexity index is 1340. The van der Waals surface area contributed by atoms with Crippen molar-refractivity contribution in [3.05, 3.63) is 102 Å². The van der Waals surface area contributed by atoms with E-state index >= 15 is 0 Å². The van der Waals surface area contributed by atoms with Crippen LogP contribution >= 0.6 is 0 Å². The number of nitriles is 2. The highest BCUT2D eigenvalue weighted by Crippen LogP contribution is 2.20. The minimum Gasteiger partial charge on any atom is -0.423 e. The molecule has 2 aliphatic heterocycles. The summed E-state index contributed by atoms with van der Waals surface area (Å²) < 4.78 is 10.3. The molecule has 0 saturated carbocycles. The minimum atomic E-state index is -0.783. The predicted octanol–water partition coefficient (Wildman–Crippen LogP) is 5.80. The molecule has 6 rings (SSSR count). The molecule has 0 spiro atoms. The highest BCUT2D eigenvalue weighted by atomic mass is 16.5. The van der Waals surface area contributed by atoms with Crippen molar-refractivity contribution in [3.63, 3.8) is 0 Å². The number of para-hydroxylation sites is 1. The van der Waals surface area contributed by atoms with Crippen molar-refractivity contribution in [2.45, 2.75) is 54.8 Å². The summed E-state index contributed by atoms with van der Waals surface area (Å²) >= 11 is 0. The van der Waals surface area contributed by atoms with Crippen LogP contribution in [0.4, 0.5) is 22.9 Å². The first-order valence-corrected chi connectivity index (χ1v) is 14.5. The van der Waals surface area contributed by atoms with Crippen LogP contribution in [-0.2, 0) is 22.5 Å². The summed E-state index contributed by atoms with van der Waals surface area (Å²) in [4.78, 5) is 4.19. The number of nitrogens with zero attached hydrogens (tertiary/aromatic N) is 3. The monoisotopic (exact) mass is 593 g/mol. The van der Waals surface area contributed by atoms with Crippen molar-refractivity contribution in [1.82, 2.24) is 4.98 Å². The molecule has 2 aliphatic rings. The second-order valence-electron chi connectivity index (χ2n) is 8.43. The van der Waals surface area contributed by atoms with E-state index in [2.05, 4.69) is 15.6 Å². The highest BCUT2D eigenvalue weighted by Gasteiger charge is 2.27. The lowest BCUT2D eigenvalue weighted by molar-refractivity contribution is 0.275. The fraction of sp³-hybridized carbons (Fsp3) is 0.242. The Morgan fingerprint density at radius 2 is 1.11 bits per heavy atom. The first-order chi connectivity index (χ1) is 21.5. The van der Waals surface area contributed by atoms with E-state index < -0.39 is 14.2 Å². The van der Waals surface area contributed by atoms with Gasteiger partial charge in [0.25, 0.3) is 0 Å². The van der Waals surface area contributed by atoms with Crippen LogP contribution in [0.25, 0.3) is 0 Å². The van der Waals surface area contributed by atoms with Gasteiger partial charge >= 0.3 is 14.2 Å². The van der Waals surface area contributed by atoms with Crippen LogP contribution in [0.2, 0.25) is 0 Å². The minimum absolute atomic E-state index is 0.453. The average Bonchev–Trinajstić information content (AvgIpc) is 3.62. The molecular weight excluding hydrogens is 552 g/mol. The Kier molecular flexibility index (Phi) is 18.7. The second-order valence-corrected chi connectivity index (χ2v) is 8.43. The molecule has 0 aliphatic carbocycles. The molecule has 0 fully saturated rings. The van der Waals surface area contributed by atoms with Gasteiger partial charge in [0, 0.05) is 37.1 Å². The van der Waals surface area contributed by atoms with Gasteiger partial charge in [0.15, 0.2) is 0 Å². The van der Waals surface area contributed by atoms with Crippen LogP contribution in [0.5, 0.6) is 0 Å². The van der Waals surface area contributed by atoms with E-state index in [1.54, 1.807) is 18.3 Å². The Morgan fingerprint density at radius 1 is 0.659 bits per heavy atom. The molecule has 3 aromatic carbocycles. The van der Waals surface area contributed by atoms with Gasteiger partial charge in [-0.25, -0.2) is 4.98 Å². The van der Waals surface area contributed by atoms with Crippen molar-refractivity contribution in [2.24, 2.45) is 0 Å². The van der Waals surface area contributed by atoms with Gasteiger partial charge < -0.3 is 30.0 Å². The quantitative estimate of drug-likeness (QED) is 0.216. The van der Waals surface area contributed by atoms with Gasteiger partial charge in [0.05, 0.1) is 25.4 Å². The van der Waals surface area contributed by atoms with Crippen LogP contribution in [0.15, 0.2) is 91.1 Å². The SMILES string of the molecule is CC.CC.CC#N.CC#N.OB1OCc2cc(Nc3ccccc3)ccc21.OB1OCc2cc(Nc3ccccn3)ccc21. The third kappa shape index (κ3) is 12.3. The average molecular weight is 593 g/mol. The van der Waals surface area contributed by atoms with Gasteiger partial charge in [-0.1, -0.05) is 64.1 Å². The third-order valence-corrected chi connectivity index (χ3v) is 5.61. The number of hydrogen-bond acceptors (Lipinski definition) is 9. The van der Waals surface area contributed by atoms with Crippen LogP contribution in [0, 0.1) is 22.7 Å². The molecule has 3 heterocycles. The molecule has 0 bridgehead atoms.